The van der Waals surface area contributed by atoms with Crippen LogP contribution in [0.1, 0.15) is 57.4 Å². The first kappa shape index (κ1) is 53.5. The molecule has 0 radical (unpaired) electrons. The zero-order chi connectivity index (χ0) is 47.2. The smallest absolute Gasteiger partial charge is 0.303 e. The van der Waals surface area contributed by atoms with Crippen LogP contribution in [0.25, 0.3) is 0 Å². The number of Topliss-reactive ketones (excluding diaryl/α,β-unsaturated/α-hetero) is 4. The summed E-state index contributed by atoms with van der Waals surface area (Å²) in [7, 11) is 0. The van der Waals surface area contributed by atoms with E-state index in [1.54, 1.807) is 30.3 Å². The van der Waals surface area contributed by atoms with Crippen LogP contribution >= 0.6 is 0 Å². The van der Waals surface area contributed by atoms with Crippen LogP contribution in [-0.2, 0) is 54.4 Å². The number of carboxylic acids is 1. The Labute approximate surface area is 361 Å². The van der Waals surface area contributed by atoms with E-state index in [2.05, 4.69) is 43.0 Å². The lowest BCUT2D eigenvalue weighted by Gasteiger charge is -2.28. The summed E-state index contributed by atoms with van der Waals surface area (Å²) in [5.74, 6) is -12.4. The second-order valence-electron chi connectivity index (χ2n) is 14.6. The number of nitrogens with two attached hydrogens (primary N) is 2. The maximum Gasteiger partial charge on any atom is 0.303 e. The number of benzene rings is 1. The van der Waals surface area contributed by atoms with E-state index in [1.807, 2.05) is 0 Å². The summed E-state index contributed by atoms with van der Waals surface area (Å²) in [5, 5.41) is 58.7. The number of aliphatic hydroxyl groups is 4. The molecule has 5 amide bonds. The molecule has 0 saturated carbocycles. The van der Waals surface area contributed by atoms with Crippen LogP contribution < -0.4 is 54.4 Å². The van der Waals surface area contributed by atoms with Gasteiger partial charge in [0.1, 0.15) is 36.3 Å². The zero-order valence-electron chi connectivity index (χ0n) is 34.5. The number of hydrogen-bond acceptors (Lipinski definition) is 19. The predicted molar refractivity (Wildman–Crippen MR) is 217 cm³/mol. The molecular weight excluding hydrogens is 836 g/mol. The van der Waals surface area contributed by atoms with Gasteiger partial charge in [-0.2, -0.15) is 0 Å². The minimum Gasteiger partial charge on any atom is -0.481 e. The molecule has 2 unspecified atom stereocenters. The van der Waals surface area contributed by atoms with Gasteiger partial charge in [0.25, 0.3) is 0 Å². The molecule has 1 saturated heterocycles. The molecule has 9 atom stereocenters. The number of aliphatic carboxylic acids is 1. The minimum atomic E-state index is -1.94. The molecule has 1 aliphatic heterocycles. The van der Waals surface area contributed by atoms with E-state index in [1.165, 1.54) is 0 Å². The first-order valence-electron chi connectivity index (χ1n) is 20.0. The molecule has 0 aromatic heterocycles. The predicted octanol–water partition coefficient (Wildman–Crippen LogP) is -7.26. The van der Waals surface area contributed by atoms with E-state index in [-0.39, 0.29) is 25.8 Å². The number of carbonyl (C=O) groups excluding carboxylic acids is 9. The van der Waals surface area contributed by atoms with Crippen molar-refractivity contribution < 1.29 is 73.5 Å². The minimum absolute atomic E-state index is 0.102. The standard InChI is InChI=1S/C38H58N10O15/c1-19(52)30-38(63)42-21(11-13-29(54)55)31(56)33(58)25(16-49)41-28(53)12-10-23(35(40)60)46-47-24(15-20-7-3-2-4-8-20)36(61)43-26(17-50)34(59)32(57)22(9-5-6-14-39)45-48-27(18-51)37(62)44-30/h2-4,7-8,19,21-27,30,45-52H,5-6,9-18,39H2,1H3,(H2,40,60)(H,41,53)(H,42,63)(H,43,61)(H,44,62)(H,54,55)/t19-,21+,22+,23?,24+,25?,26+,27+,30+/m1/s1. The lowest BCUT2D eigenvalue weighted by molar-refractivity contribution is -0.143. The molecule has 63 heavy (non-hydrogen) atoms. The summed E-state index contributed by atoms with van der Waals surface area (Å²) in [6, 6.07) is -5.22. The SMILES string of the molecule is C[C@@H](O)[C@@H]1NC(=O)[C@H](CO)NN[C@@H](CCCCN)C(=O)C(=O)[C@H](CO)NC(=O)[C@H](Cc2ccccc2)NNC(C(N)=O)CCC(=O)NC(CO)C(=O)C(=O)[C@H](CCC(=O)O)NC1=O. The normalized spacial score (nSPS) is 26.5. The van der Waals surface area contributed by atoms with Crippen molar-refractivity contribution in [3.8, 4) is 0 Å². The number of carbonyl (C=O) groups is 10. The average molecular weight is 895 g/mol. The third-order valence-corrected chi connectivity index (χ3v) is 9.71. The van der Waals surface area contributed by atoms with Crippen LogP contribution in [0.3, 0.4) is 0 Å². The van der Waals surface area contributed by atoms with E-state index in [0.717, 1.165) is 6.92 Å². The largest absolute Gasteiger partial charge is 0.481 e. The zero-order valence-corrected chi connectivity index (χ0v) is 34.5. The fourth-order valence-electron chi connectivity index (χ4n) is 6.05. The molecule has 350 valence electrons. The Morgan fingerprint density at radius 1 is 0.667 bits per heavy atom. The van der Waals surface area contributed by atoms with Crippen molar-refractivity contribution in [2.75, 3.05) is 26.4 Å². The number of unbranched alkanes of at least 4 members (excludes halogenated alkanes) is 1. The molecule has 1 aliphatic rings. The fourth-order valence-corrected chi connectivity index (χ4v) is 6.05. The van der Waals surface area contributed by atoms with Gasteiger partial charge in [0.15, 0.2) is 0 Å². The van der Waals surface area contributed by atoms with E-state index in [4.69, 9.17) is 11.5 Å². The van der Waals surface area contributed by atoms with E-state index < -0.39 is 159 Å². The molecule has 17 N–H and O–H groups in total. The Hall–Kier alpha value is -5.64. The molecule has 2 rings (SSSR count). The number of ketones is 4. The summed E-state index contributed by atoms with van der Waals surface area (Å²) in [4.78, 5) is 131. The highest BCUT2D eigenvalue weighted by Crippen LogP contribution is 2.09. The first-order valence-corrected chi connectivity index (χ1v) is 20.0. The van der Waals surface area contributed by atoms with Gasteiger partial charge < -0.3 is 58.3 Å². The number of rotatable bonds is 14. The van der Waals surface area contributed by atoms with Crippen LogP contribution in [0.15, 0.2) is 30.3 Å². The molecule has 0 bridgehead atoms. The maximum atomic E-state index is 13.7. The maximum absolute atomic E-state index is 13.7. The molecule has 25 nitrogen and oxygen atoms in total. The van der Waals surface area contributed by atoms with Crippen LogP contribution in [0.5, 0.6) is 0 Å². The number of amides is 5. The van der Waals surface area contributed by atoms with Crippen LogP contribution in [0.2, 0.25) is 0 Å². The van der Waals surface area contributed by atoms with Gasteiger partial charge in [-0.15, -0.1) is 0 Å². The highest BCUT2D eigenvalue weighted by molar-refractivity contribution is 6.42. The van der Waals surface area contributed by atoms with E-state index >= 15 is 0 Å². The van der Waals surface area contributed by atoms with Gasteiger partial charge in [0.2, 0.25) is 52.7 Å². The summed E-state index contributed by atoms with van der Waals surface area (Å²) < 4.78 is 0. The van der Waals surface area contributed by atoms with E-state index in [0.29, 0.717) is 12.0 Å². The summed E-state index contributed by atoms with van der Waals surface area (Å²) in [6.07, 6.45) is -3.83. The van der Waals surface area contributed by atoms with Crippen molar-refractivity contribution in [3.63, 3.8) is 0 Å². The van der Waals surface area contributed by atoms with Crippen molar-refractivity contribution >= 4 is 58.6 Å². The third-order valence-electron chi connectivity index (χ3n) is 9.71. The quantitative estimate of drug-likeness (QED) is 0.0609. The molecule has 1 aromatic rings. The molecule has 25 heteroatoms. The molecular formula is C38H58N10O15. The molecule has 1 fully saturated rings. The lowest BCUT2D eigenvalue weighted by Crippen LogP contribution is -2.63. The van der Waals surface area contributed by atoms with Crippen LogP contribution in [-0.4, -0.2) is 165 Å². The van der Waals surface area contributed by atoms with Crippen molar-refractivity contribution in [1.29, 1.82) is 0 Å². The van der Waals surface area contributed by atoms with Crippen LogP contribution in [0.4, 0.5) is 0 Å². The summed E-state index contributed by atoms with van der Waals surface area (Å²) in [5.41, 5.74) is 21.8. The number of primary amides is 1. The molecule has 1 heterocycles. The molecule has 1 aromatic carbocycles. The summed E-state index contributed by atoms with van der Waals surface area (Å²) >= 11 is 0. The first-order chi connectivity index (χ1) is 29.9. The Balaban J connectivity index is 2.62. The molecule has 0 spiro atoms. The van der Waals surface area contributed by atoms with E-state index in [9.17, 15) is 73.5 Å². The number of hydrogen-bond donors (Lipinski definition) is 15. The van der Waals surface area contributed by atoms with Gasteiger partial charge in [0.05, 0.1) is 38.0 Å². The average Bonchev–Trinajstić information content (AvgIpc) is 3.25. The Morgan fingerprint density at radius 2 is 1.19 bits per heavy atom. The Bertz CT molecular complexity index is 1770. The highest BCUT2D eigenvalue weighted by atomic mass is 16.4. The monoisotopic (exact) mass is 894 g/mol. The van der Waals surface area contributed by atoms with Crippen LogP contribution in [0, 0.1) is 0 Å². The van der Waals surface area contributed by atoms with Crippen molar-refractivity contribution in [1.82, 2.24) is 43.0 Å². The van der Waals surface area contributed by atoms with Gasteiger partial charge in [-0.1, -0.05) is 36.8 Å². The van der Waals surface area contributed by atoms with Gasteiger partial charge in [-0.3, -0.25) is 47.9 Å². The number of carboxylic acid groups (broad SMARTS) is 1. The fraction of sp³-hybridized carbons (Fsp3) is 0.579. The van der Waals surface area contributed by atoms with Crippen molar-refractivity contribution in [2.45, 2.75) is 113 Å². The lowest BCUT2D eigenvalue weighted by atomic mass is 9.98. The number of hydrazine groups is 2. The number of nitrogens with one attached hydrogen (secondary N) is 8. The third kappa shape index (κ3) is 17.6. The van der Waals surface area contributed by atoms with Crippen molar-refractivity contribution in [3.05, 3.63) is 35.9 Å². The second-order valence-corrected chi connectivity index (χ2v) is 14.6. The van der Waals surface area contributed by atoms with Gasteiger partial charge in [-0.05, 0) is 51.1 Å². The summed E-state index contributed by atoms with van der Waals surface area (Å²) in [6.45, 7) is -2.00. The molecule has 0 aliphatic carbocycles. The number of aliphatic hydroxyl groups excluding tert-OH is 4. The highest BCUT2D eigenvalue weighted by Gasteiger charge is 2.38. The van der Waals surface area contributed by atoms with Gasteiger partial charge >= 0.3 is 5.97 Å². The van der Waals surface area contributed by atoms with Gasteiger partial charge in [0, 0.05) is 12.8 Å². The van der Waals surface area contributed by atoms with Gasteiger partial charge in [-0.25, -0.2) is 21.7 Å². The Morgan fingerprint density at radius 3 is 1.75 bits per heavy atom. The topological polar surface area (TPSA) is 420 Å². The van der Waals surface area contributed by atoms with Crippen molar-refractivity contribution in [2.24, 2.45) is 11.5 Å². The Kier molecular flexibility index (Phi) is 23.3. The second kappa shape index (κ2) is 27.4.